The second-order valence-corrected chi connectivity index (χ2v) is 15.6. The van der Waals surface area contributed by atoms with Gasteiger partial charge in [0.15, 0.2) is 0 Å². The predicted molar refractivity (Wildman–Crippen MR) is 79.7 cm³/mol. The molecule has 17 heavy (non-hydrogen) atoms. The molecule has 0 amide bonds. The molecule has 5 heteroatoms. The van der Waals surface area contributed by atoms with Gasteiger partial charge >= 0.3 is 109 Å². The molecule has 0 aliphatic carbocycles. The van der Waals surface area contributed by atoms with Crippen molar-refractivity contribution >= 4 is 13.3 Å². The average Bonchev–Trinajstić information content (AvgIpc) is 2.37. The Labute approximate surface area is 109 Å². The summed E-state index contributed by atoms with van der Waals surface area (Å²) in [5.41, 5.74) is 22.7. The summed E-state index contributed by atoms with van der Waals surface area (Å²) in [6, 6.07) is 0. The molecule has 0 saturated heterocycles. The molecule has 0 bridgehead atoms. The van der Waals surface area contributed by atoms with Gasteiger partial charge in [-0.1, -0.05) is 0 Å². The molecule has 0 aliphatic heterocycles. The number of hydrogen-bond acceptors (Lipinski definition) is 4. The van der Waals surface area contributed by atoms with Crippen LogP contribution in [0.5, 0.6) is 0 Å². The molecule has 0 spiro atoms. The van der Waals surface area contributed by atoms with Crippen LogP contribution in [0.1, 0.15) is 25.7 Å². The third-order valence-electron chi connectivity index (χ3n) is 3.64. The van der Waals surface area contributed by atoms with E-state index < -0.39 is 13.3 Å². The minimum absolute atomic E-state index is 0.820. The molecule has 0 heterocycles. The van der Waals surface area contributed by atoms with Crippen LogP contribution in [-0.4, -0.2) is 39.4 Å². The van der Waals surface area contributed by atoms with E-state index in [0.29, 0.717) is 0 Å². The van der Waals surface area contributed by atoms with Crippen molar-refractivity contribution in [2.24, 2.45) is 22.9 Å². The van der Waals surface area contributed by atoms with Gasteiger partial charge in [0, 0.05) is 0 Å². The Bertz CT molecular complexity index is 129. The normalized spacial score (nSPS) is 12.0. The number of hydrogen-bond donors (Lipinski definition) is 4. The molecule has 0 atom stereocenters. The zero-order chi connectivity index (χ0) is 13.0. The van der Waals surface area contributed by atoms with E-state index in [1.165, 1.54) is 46.7 Å². The molecule has 8 N–H and O–H groups in total. The van der Waals surface area contributed by atoms with Gasteiger partial charge in [0.2, 0.25) is 0 Å². The fourth-order valence-electron chi connectivity index (χ4n) is 2.66. The molecular weight excluding hydrogens is 273 g/mol. The maximum absolute atomic E-state index is 5.68. The molecule has 104 valence electrons. The van der Waals surface area contributed by atoms with Crippen LogP contribution in [-0.2, 0) is 0 Å². The first-order valence-corrected chi connectivity index (χ1v) is 13.0. The summed E-state index contributed by atoms with van der Waals surface area (Å²) in [6.45, 7) is 3.28. The zero-order valence-corrected chi connectivity index (χ0v) is 13.4. The molecule has 0 fully saturated rings. The van der Waals surface area contributed by atoms with Crippen LogP contribution in [0.3, 0.4) is 0 Å². The van der Waals surface area contributed by atoms with E-state index in [2.05, 4.69) is 0 Å². The Morgan fingerprint density at radius 3 is 0.882 bits per heavy atom. The summed E-state index contributed by atoms with van der Waals surface area (Å²) in [7, 11) is 0. The van der Waals surface area contributed by atoms with Gasteiger partial charge in [0.1, 0.15) is 0 Å². The zero-order valence-electron chi connectivity index (χ0n) is 11.3. The van der Waals surface area contributed by atoms with E-state index in [9.17, 15) is 0 Å². The first-order valence-electron chi connectivity index (χ1n) is 7.05. The van der Waals surface area contributed by atoms with Crippen LogP contribution in [0, 0.1) is 0 Å². The van der Waals surface area contributed by atoms with Gasteiger partial charge in [-0.15, -0.1) is 0 Å². The molecule has 0 aromatic carbocycles. The van der Waals surface area contributed by atoms with Crippen LogP contribution >= 0.6 is 0 Å². The molecule has 4 nitrogen and oxygen atoms in total. The predicted octanol–water partition coefficient (Wildman–Crippen LogP) is 0.830. The molecule has 0 rings (SSSR count). The molecule has 0 unspecified atom stereocenters. The van der Waals surface area contributed by atoms with Crippen molar-refractivity contribution in [3.05, 3.63) is 0 Å². The summed E-state index contributed by atoms with van der Waals surface area (Å²) < 4.78 is 0. The van der Waals surface area contributed by atoms with Gasteiger partial charge in [0.25, 0.3) is 0 Å². The van der Waals surface area contributed by atoms with Gasteiger partial charge in [-0.25, -0.2) is 0 Å². The first kappa shape index (κ1) is 17.4. The van der Waals surface area contributed by atoms with Crippen LogP contribution in [0.25, 0.3) is 0 Å². The number of nitrogens with two attached hydrogens (primary N) is 4. The second-order valence-electron chi connectivity index (χ2n) is 5.07. The van der Waals surface area contributed by atoms with E-state index in [1.807, 2.05) is 0 Å². The Hall–Kier alpha value is 0.383. The summed E-state index contributed by atoms with van der Waals surface area (Å²) in [5, 5.41) is 5.54. The van der Waals surface area contributed by atoms with Crippen LogP contribution in [0.2, 0.25) is 21.0 Å². The third kappa shape index (κ3) is 8.16. The monoisotopic (exact) mass is 306 g/mol. The van der Waals surface area contributed by atoms with Crippen molar-refractivity contribution in [3.63, 3.8) is 0 Å². The second kappa shape index (κ2) is 11.5. The van der Waals surface area contributed by atoms with Gasteiger partial charge in [0.05, 0.1) is 0 Å². The van der Waals surface area contributed by atoms with Crippen molar-refractivity contribution in [3.8, 4) is 0 Å². The molecule has 0 aliphatic rings. The van der Waals surface area contributed by atoms with Crippen molar-refractivity contribution in [1.29, 1.82) is 0 Å². The summed E-state index contributed by atoms with van der Waals surface area (Å²) >= 11 is -1.75. The van der Waals surface area contributed by atoms with E-state index in [1.54, 1.807) is 0 Å². The fraction of sp³-hybridized carbons (Fsp3) is 1.00. The number of rotatable bonds is 12. The Morgan fingerprint density at radius 2 is 0.706 bits per heavy atom. The maximum atomic E-state index is 5.68. The topological polar surface area (TPSA) is 104 Å². The molecular formula is C12H32GeN4. The molecule has 0 aromatic rings. The van der Waals surface area contributed by atoms with Gasteiger partial charge in [-0.2, -0.15) is 0 Å². The minimum atomic E-state index is -1.75. The summed E-state index contributed by atoms with van der Waals surface area (Å²) in [4.78, 5) is 0. The van der Waals surface area contributed by atoms with Gasteiger partial charge in [-0.3, -0.25) is 0 Å². The molecule has 0 radical (unpaired) electrons. The van der Waals surface area contributed by atoms with Crippen LogP contribution < -0.4 is 22.9 Å². The Balaban J connectivity index is 4.39. The van der Waals surface area contributed by atoms with Crippen molar-refractivity contribution in [1.82, 2.24) is 0 Å². The standard InChI is InChI=1S/C12H32GeN4/c14-9-1-5-13(6-2-10-15,7-3-11-16)8-4-12-17/h1-12,14-17H2. The Morgan fingerprint density at radius 1 is 0.471 bits per heavy atom. The van der Waals surface area contributed by atoms with Crippen LogP contribution in [0.15, 0.2) is 0 Å². The van der Waals surface area contributed by atoms with Crippen molar-refractivity contribution in [2.45, 2.75) is 46.7 Å². The average molecular weight is 305 g/mol. The summed E-state index contributed by atoms with van der Waals surface area (Å²) in [5.74, 6) is 0. The molecule has 0 aromatic heterocycles. The van der Waals surface area contributed by atoms with Gasteiger partial charge < -0.3 is 0 Å². The molecule has 0 saturated carbocycles. The van der Waals surface area contributed by atoms with Crippen molar-refractivity contribution in [2.75, 3.05) is 26.2 Å². The van der Waals surface area contributed by atoms with Gasteiger partial charge in [-0.05, 0) is 0 Å². The van der Waals surface area contributed by atoms with E-state index >= 15 is 0 Å². The summed E-state index contributed by atoms with van der Waals surface area (Å²) in [6.07, 6.45) is 4.72. The quantitative estimate of drug-likeness (QED) is 0.401. The van der Waals surface area contributed by atoms with Crippen LogP contribution in [0.4, 0.5) is 0 Å². The first-order chi connectivity index (χ1) is 8.24. The van der Waals surface area contributed by atoms with Crippen molar-refractivity contribution < 1.29 is 0 Å². The SMILES string of the molecule is NCC[CH2][Ge]([CH2]CCN)([CH2]CCN)[CH2]CCN. The third-order valence-corrected chi connectivity index (χ3v) is 15.5. The van der Waals surface area contributed by atoms with E-state index in [0.717, 1.165) is 26.2 Å². The Kier molecular flexibility index (Phi) is 11.7. The fourth-order valence-corrected chi connectivity index (χ4v) is 13.8. The van der Waals surface area contributed by atoms with E-state index in [-0.39, 0.29) is 0 Å². The van der Waals surface area contributed by atoms with E-state index in [4.69, 9.17) is 22.9 Å².